The lowest BCUT2D eigenvalue weighted by molar-refractivity contribution is 0.516. The van der Waals surface area contributed by atoms with Gasteiger partial charge in [-0.05, 0) is 17.5 Å². The third-order valence-corrected chi connectivity index (χ3v) is 2.34. The first-order valence-corrected chi connectivity index (χ1v) is 4.71. The second-order valence-electron chi connectivity index (χ2n) is 3.25. The molecule has 0 aliphatic carbocycles. The number of hydrogen-bond acceptors (Lipinski definition) is 0. The average molecular weight is 189 g/mol. The van der Waals surface area contributed by atoms with Crippen LogP contribution in [0.25, 0.3) is 0 Å². The van der Waals surface area contributed by atoms with Crippen molar-refractivity contribution in [3.63, 3.8) is 0 Å². The fraction of sp³-hybridized carbons (Fsp3) is 0.308. The molecule has 0 unspecified atom stereocenters. The van der Waals surface area contributed by atoms with Gasteiger partial charge in [0.1, 0.15) is 0 Å². The van der Waals surface area contributed by atoms with Crippen LogP contribution in [0, 0.1) is 18.3 Å². The number of terminal acetylenes is 1. The first-order chi connectivity index (χ1) is 6.74. The van der Waals surface area contributed by atoms with E-state index < -0.39 is 6.67 Å². The lowest BCUT2D eigenvalue weighted by atomic mass is 9.92. The number of halogens is 1. The van der Waals surface area contributed by atoms with E-state index in [1.54, 1.807) is 6.92 Å². The first-order valence-electron chi connectivity index (χ1n) is 4.71. The van der Waals surface area contributed by atoms with Crippen LogP contribution in [0.15, 0.2) is 18.2 Å². The molecule has 1 heteroatoms. The maximum Gasteiger partial charge on any atom is 0.0998 e. The summed E-state index contributed by atoms with van der Waals surface area (Å²) in [6.07, 6.45) is 6.32. The third-order valence-electron chi connectivity index (χ3n) is 2.34. The van der Waals surface area contributed by atoms with E-state index in [0.717, 1.165) is 23.1 Å². The van der Waals surface area contributed by atoms with Crippen molar-refractivity contribution in [2.24, 2.45) is 0 Å². The zero-order valence-electron chi connectivity index (χ0n) is 8.60. The van der Waals surface area contributed by atoms with Crippen LogP contribution in [-0.2, 0) is 6.42 Å². The number of benzene rings is 1. The number of rotatable bonds is 3. The van der Waals surface area contributed by atoms with Gasteiger partial charge in [0.2, 0.25) is 0 Å². The van der Waals surface area contributed by atoms with E-state index >= 15 is 0 Å². The normalized spacial score (nSPS) is 10.2. The highest BCUT2D eigenvalue weighted by Crippen LogP contribution is 2.22. The van der Waals surface area contributed by atoms with Crippen molar-refractivity contribution < 1.29 is 4.39 Å². The number of hydrogen-bond donors (Lipinski definition) is 0. The summed E-state index contributed by atoms with van der Waals surface area (Å²) >= 11 is 0. The minimum atomic E-state index is -0.443. The van der Waals surface area contributed by atoms with E-state index in [4.69, 9.17) is 6.42 Å². The molecule has 0 N–H and O–H groups in total. The molecule has 0 spiro atoms. The van der Waals surface area contributed by atoms with E-state index in [-0.39, 0.29) is 0 Å². The number of aryl methyl sites for hydroxylation is 1. The van der Waals surface area contributed by atoms with Crippen molar-refractivity contribution in [2.45, 2.75) is 20.3 Å². The topological polar surface area (TPSA) is 0 Å². The smallest absolute Gasteiger partial charge is 0.0998 e. The minimum absolute atomic E-state index is 0.443. The lowest BCUT2D eigenvalue weighted by Crippen LogP contribution is -2.02. The lowest BCUT2D eigenvalue weighted by Gasteiger charge is -2.12. The Bertz CT molecular complexity index is 347. The van der Waals surface area contributed by atoms with E-state index in [1.165, 1.54) is 0 Å². The van der Waals surface area contributed by atoms with Gasteiger partial charge in [0.15, 0.2) is 0 Å². The van der Waals surface area contributed by atoms with Gasteiger partial charge in [-0.2, -0.15) is 0 Å². The van der Waals surface area contributed by atoms with Crippen molar-refractivity contribution in [2.75, 3.05) is 6.67 Å². The summed E-state index contributed by atoms with van der Waals surface area (Å²) in [5.74, 6) is 3.34. The van der Waals surface area contributed by atoms with Crippen molar-refractivity contribution >= 4 is 0 Å². The second-order valence-corrected chi connectivity index (χ2v) is 3.25. The van der Waals surface area contributed by atoms with Gasteiger partial charge in [-0.1, -0.05) is 38.0 Å². The Labute approximate surface area is 85.2 Å². The standard InChI is InChI=1S/C13H14F/c1-4-11-7-6-8-13(10(3)9-14)12(11)5-2/h2,6-8H,4,9H2,1,3H3. The summed E-state index contributed by atoms with van der Waals surface area (Å²) < 4.78 is 12.5. The highest BCUT2D eigenvalue weighted by atomic mass is 19.1. The van der Waals surface area contributed by atoms with Gasteiger partial charge in [0, 0.05) is 11.5 Å². The average Bonchev–Trinajstić information content (AvgIpc) is 2.26. The zero-order valence-corrected chi connectivity index (χ0v) is 8.60. The molecule has 1 radical (unpaired) electrons. The summed E-state index contributed by atoms with van der Waals surface area (Å²) in [5.41, 5.74) is 2.82. The molecule has 0 fully saturated rings. The molecule has 1 rings (SSSR count). The molecule has 0 aromatic heterocycles. The van der Waals surface area contributed by atoms with Gasteiger partial charge in [-0.15, -0.1) is 6.42 Å². The third kappa shape index (κ3) is 1.96. The van der Waals surface area contributed by atoms with Crippen molar-refractivity contribution in [3.8, 4) is 12.3 Å². The van der Waals surface area contributed by atoms with Gasteiger partial charge < -0.3 is 0 Å². The number of alkyl halides is 1. The molecule has 0 atom stereocenters. The summed E-state index contributed by atoms with van der Waals surface area (Å²) in [6.45, 7) is 3.38. The fourth-order valence-corrected chi connectivity index (χ4v) is 1.49. The Morgan fingerprint density at radius 1 is 1.50 bits per heavy atom. The molecule has 1 aromatic carbocycles. The Balaban J connectivity index is 3.23. The van der Waals surface area contributed by atoms with Crippen molar-refractivity contribution in [1.82, 2.24) is 0 Å². The quantitative estimate of drug-likeness (QED) is 0.641. The fourth-order valence-electron chi connectivity index (χ4n) is 1.49. The largest absolute Gasteiger partial charge is 0.250 e. The molecule has 14 heavy (non-hydrogen) atoms. The summed E-state index contributed by atoms with van der Waals surface area (Å²) in [6, 6.07) is 5.79. The molecule has 0 bridgehead atoms. The molecule has 1 aromatic rings. The van der Waals surface area contributed by atoms with Crippen LogP contribution in [-0.4, -0.2) is 6.67 Å². The van der Waals surface area contributed by atoms with E-state index in [1.807, 2.05) is 25.1 Å². The van der Waals surface area contributed by atoms with Gasteiger partial charge in [0.05, 0.1) is 6.67 Å². The Morgan fingerprint density at radius 3 is 2.71 bits per heavy atom. The van der Waals surface area contributed by atoms with E-state index in [2.05, 4.69) is 5.92 Å². The molecular formula is C13H14F. The molecular weight excluding hydrogens is 175 g/mol. The van der Waals surface area contributed by atoms with Crippen molar-refractivity contribution in [3.05, 3.63) is 40.8 Å². The highest BCUT2D eigenvalue weighted by molar-refractivity contribution is 5.51. The molecule has 0 aliphatic rings. The molecule has 0 nitrogen and oxygen atoms in total. The highest BCUT2D eigenvalue weighted by Gasteiger charge is 2.11. The monoisotopic (exact) mass is 189 g/mol. The second kappa shape index (κ2) is 4.81. The van der Waals surface area contributed by atoms with Gasteiger partial charge in [0.25, 0.3) is 0 Å². The van der Waals surface area contributed by atoms with E-state index in [9.17, 15) is 4.39 Å². The molecule has 0 amide bonds. The molecule has 0 aliphatic heterocycles. The SMILES string of the molecule is C#Cc1c(CC)cccc1[C](C)CF. The molecule has 0 saturated carbocycles. The van der Waals surface area contributed by atoms with Crippen LogP contribution in [0.3, 0.4) is 0 Å². The van der Waals surface area contributed by atoms with E-state index in [0.29, 0.717) is 5.92 Å². The summed E-state index contributed by atoms with van der Waals surface area (Å²) in [4.78, 5) is 0. The van der Waals surface area contributed by atoms with Crippen molar-refractivity contribution in [1.29, 1.82) is 0 Å². The van der Waals surface area contributed by atoms with Gasteiger partial charge in [-0.3, -0.25) is 4.39 Å². The Kier molecular flexibility index (Phi) is 3.71. The van der Waals surface area contributed by atoms with Gasteiger partial charge >= 0.3 is 0 Å². The first kappa shape index (κ1) is 10.8. The van der Waals surface area contributed by atoms with Crippen LogP contribution in [0.5, 0.6) is 0 Å². The summed E-state index contributed by atoms with van der Waals surface area (Å²) in [5, 5.41) is 0. The summed E-state index contributed by atoms with van der Waals surface area (Å²) in [7, 11) is 0. The van der Waals surface area contributed by atoms with Crippen LogP contribution >= 0.6 is 0 Å². The minimum Gasteiger partial charge on any atom is -0.250 e. The van der Waals surface area contributed by atoms with Crippen LogP contribution in [0.4, 0.5) is 4.39 Å². The molecule has 0 heterocycles. The van der Waals surface area contributed by atoms with Crippen LogP contribution < -0.4 is 0 Å². The zero-order chi connectivity index (χ0) is 10.6. The predicted molar refractivity (Wildman–Crippen MR) is 57.7 cm³/mol. The van der Waals surface area contributed by atoms with Gasteiger partial charge in [-0.25, -0.2) is 0 Å². The van der Waals surface area contributed by atoms with Crippen LogP contribution in [0.1, 0.15) is 30.5 Å². The molecule has 73 valence electrons. The Morgan fingerprint density at radius 2 is 2.21 bits per heavy atom. The van der Waals surface area contributed by atoms with Crippen LogP contribution in [0.2, 0.25) is 0 Å². The molecule has 0 saturated heterocycles. The Hall–Kier alpha value is -1.29. The predicted octanol–water partition coefficient (Wildman–Crippen LogP) is 3.14. The maximum atomic E-state index is 12.5. The maximum absolute atomic E-state index is 12.5.